The molecule has 0 spiro atoms. The maximum Gasteiger partial charge on any atom is 0.248 e. The van der Waals surface area contributed by atoms with Gasteiger partial charge in [0.1, 0.15) is 11.9 Å². The molecule has 0 radical (unpaired) electrons. The fourth-order valence-electron chi connectivity index (χ4n) is 7.21. The van der Waals surface area contributed by atoms with Crippen molar-refractivity contribution in [3.05, 3.63) is 75.1 Å². The summed E-state index contributed by atoms with van der Waals surface area (Å²) in [7, 11) is 1.60. The van der Waals surface area contributed by atoms with Crippen LogP contribution in [0.4, 0.5) is 0 Å². The standard InChI is InChI=1S/C31H38N8O2/c1-16(38-15-26(33)39-22(14-32)12-23-17(2)27(23)39)13-31(30(36)37-3)24-8-6-20(28(34)40)10-18(24)4-5-19-11-21(29(35)41)7-9-25(19)31/h6-11,16-17,22-23,27,33,38H,4-5,12-13,15H2,1-3H3,(H6,34,35,36,37,40,41)/p-1/t16-,17-,22?,23+,27?/m0/s1. The van der Waals surface area contributed by atoms with Gasteiger partial charge in [0.2, 0.25) is 11.8 Å². The fourth-order valence-corrected chi connectivity index (χ4v) is 7.21. The van der Waals surface area contributed by atoms with Gasteiger partial charge in [-0.05, 0) is 91.0 Å². The molecule has 1 aliphatic heterocycles. The molecule has 1 saturated carbocycles. The van der Waals surface area contributed by atoms with Crippen LogP contribution in [-0.4, -0.2) is 60.1 Å². The molecule has 5 atom stereocenters. The molecule has 1 heterocycles. The average Bonchev–Trinajstić information content (AvgIpc) is 3.43. The van der Waals surface area contributed by atoms with Crippen molar-refractivity contribution in [1.82, 2.24) is 10.2 Å². The fraction of sp³-hybridized carbons (Fsp3) is 0.452. The molecule has 5 rings (SSSR count). The van der Waals surface area contributed by atoms with Crippen LogP contribution < -0.4 is 16.8 Å². The van der Waals surface area contributed by atoms with Crippen molar-refractivity contribution >= 4 is 23.5 Å². The number of likely N-dealkylation sites (tertiary alicyclic amines) is 1. The Balaban J connectivity index is 1.52. The second-order valence-corrected chi connectivity index (χ2v) is 11.7. The predicted molar refractivity (Wildman–Crippen MR) is 157 cm³/mol. The Morgan fingerprint density at radius 1 is 1.12 bits per heavy atom. The number of carbonyl (C=O) groups excluding carboxylic acids is 2. The number of piperidine rings is 1. The van der Waals surface area contributed by atoms with E-state index in [2.05, 4.69) is 23.6 Å². The largest absolute Gasteiger partial charge is 0.485 e. The van der Waals surface area contributed by atoms with E-state index in [1.807, 2.05) is 24.0 Å². The van der Waals surface area contributed by atoms with Gasteiger partial charge < -0.3 is 32.4 Å². The number of likely N-dealkylation sites (N-methyl/N-ethyl adjacent to an activating group) is 1. The van der Waals surface area contributed by atoms with Crippen LogP contribution in [0.3, 0.4) is 0 Å². The Bertz CT molecular complexity index is 1410. The van der Waals surface area contributed by atoms with Crippen LogP contribution in [0.5, 0.6) is 0 Å². The minimum Gasteiger partial charge on any atom is -0.485 e. The van der Waals surface area contributed by atoms with Crippen LogP contribution in [0.15, 0.2) is 36.4 Å². The number of nitrogens with two attached hydrogens (primary N) is 2. The molecule has 2 amide bonds. The van der Waals surface area contributed by atoms with Crippen LogP contribution in [0.2, 0.25) is 0 Å². The number of fused-ring (bicyclic) bond motifs is 3. The normalized spacial score (nSPS) is 24.1. The third-order valence-electron chi connectivity index (χ3n) is 9.35. The second kappa shape index (κ2) is 10.6. The van der Waals surface area contributed by atoms with E-state index in [1.165, 1.54) is 0 Å². The molecule has 2 unspecified atom stereocenters. The lowest BCUT2D eigenvalue weighted by atomic mass is 9.67. The van der Waals surface area contributed by atoms with Gasteiger partial charge in [-0.3, -0.25) is 15.0 Å². The minimum atomic E-state index is -0.990. The number of benzene rings is 2. The first-order valence-corrected chi connectivity index (χ1v) is 14.1. The lowest BCUT2D eigenvalue weighted by Gasteiger charge is -2.43. The number of carbonyl (C=O) groups is 2. The number of hydrogen-bond acceptors (Lipinski definition) is 6. The molecule has 2 aromatic rings. The van der Waals surface area contributed by atoms with Crippen molar-refractivity contribution in [2.45, 2.75) is 63.1 Å². The maximum atomic E-state index is 12.0. The van der Waals surface area contributed by atoms with E-state index in [0.717, 1.165) is 28.7 Å². The summed E-state index contributed by atoms with van der Waals surface area (Å²) in [6, 6.07) is 12.9. The highest BCUT2D eigenvalue weighted by molar-refractivity contribution is 6.04. The highest BCUT2D eigenvalue weighted by Gasteiger charge is 2.59. The summed E-state index contributed by atoms with van der Waals surface area (Å²) in [6.07, 6.45) is 2.42. The number of amides is 2. The van der Waals surface area contributed by atoms with E-state index < -0.39 is 17.2 Å². The summed E-state index contributed by atoms with van der Waals surface area (Å²) in [5.74, 6) is 0.504. The van der Waals surface area contributed by atoms with E-state index in [9.17, 15) is 20.3 Å². The van der Waals surface area contributed by atoms with Crippen molar-refractivity contribution in [3.8, 4) is 6.07 Å². The summed E-state index contributed by atoms with van der Waals surface area (Å²) in [5.41, 5.74) is 14.6. The Kier molecular flexibility index (Phi) is 7.34. The SMILES string of the molecule is C[N-]C(=N)C1(C[C@H](C)NCC(=N)N2C(C#N)C[C@H]3C2[C@H]3C)c2ccc(C(N)=O)cc2CCc2cc(C(N)=O)ccc21. The van der Waals surface area contributed by atoms with Gasteiger partial charge in [-0.15, -0.1) is 0 Å². The first-order valence-electron chi connectivity index (χ1n) is 14.1. The van der Waals surface area contributed by atoms with Crippen LogP contribution in [0, 0.1) is 34.0 Å². The van der Waals surface area contributed by atoms with Crippen LogP contribution >= 0.6 is 0 Å². The van der Waals surface area contributed by atoms with Crippen LogP contribution in [0.25, 0.3) is 5.32 Å². The number of hydrogen-bond donors (Lipinski definition) is 5. The molecule has 2 fully saturated rings. The maximum absolute atomic E-state index is 12.0. The molecule has 41 heavy (non-hydrogen) atoms. The van der Waals surface area contributed by atoms with Crippen molar-refractivity contribution in [2.24, 2.45) is 23.3 Å². The quantitative estimate of drug-likeness (QED) is 0.248. The van der Waals surface area contributed by atoms with Gasteiger partial charge in [0, 0.05) is 28.6 Å². The van der Waals surface area contributed by atoms with Crippen molar-refractivity contribution in [2.75, 3.05) is 13.6 Å². The monoisotopic (exact) mass is 553 g/mol. The van der Waals surface area contributed by atoms with Crippen molar-refractivity contribution in [1.29, 1.82) is 16.1 Å². The highest BCUT2D eigenvalue weighted by Crippen LogP contribution is 2.53. The Morgan fingerprint density at radius 2 is 1.68 bits per heavy atom. The molecule has 1 saturated heterocycles. The first-order chi connectivity index (χ1) is 19.5. The van der Waals surface area contributed by atoms with Gasteiger partial charge in [0.25, 0.3) is 0 Å². The number of aryl methyl sites for hydroxylation is 2. The number of nitriles is 1. The molecule has 10 heteroatoms. The Hall–Kier alpha value is -4.23. The van der Waals surface area contributed by atoms with Crippen molar-refractivity contribution < 1.29 is 9.59 Å². The third kappa shape index (κ3) is 4.74. The molecular weight excluding hydrogens is 516 g/mol. The summed E-state index contributed by atoms with van der Waals surface area (Å²) in [4.78, 5) is 26.1. The number of rotatable bonds is 8. The zero-order chi connectivity index (χ0) is 29.6. The van der Waals surface area contributed by atoms with Gasteiger partial charge >= 0.3 is 0 Å². The summed E-state index contributed by atoms with van der Waals surface area (Å²) in [5, 5.41) is 35.5. The number of nitrogens with one attached hydrogen (secondary N) is 3. The predicted octanol–water partition coefficient (Wildman–Crippen LogP) is 2.83. The highest BCUT2D eigenvalue weighted by atomic mass is 16.1. The average molecular weight is 554 g/mol. The van der Waals surface area contributed by atoms with Gasteiger partial charge in [0.15, 0.2) is 0 Å². The Labute approximate surface area is 240 Å². The zero-order valence-electron chi connectivity index (χ0n) is 23.7. The van der Waals surface area contributed by atoms with Crippen molar-refractivity contribution in [3.63, 3.8) is 0 Å². The van der Waals surface area contributed by atoms with E-state index in [0.29, 0.717) is 54.6 Å². The zero-order valence-corrected chi connectivity index (χ0v) is 23.7. The van der Waals surface area contributed by atoms with E-state index >= 15 is 0 Å². The number of amidine groups is 2. The summed E-state index contributed by atoms with van der Waals surface area (Å²) >= 11 is 0. The topological polar surface area (TPSA) is 187 Å². The van der Waals surface area contributed by atoms with Gasteiger partial charge in [0.05, 0.1) is 12.6 Å². The molecule has 7 N–H and O–H groups in total. The molecule has 0 aromatic heterocycles. The number of nitrogens with zero attached hydrogens (tertiary/aromatic N) is 3. The summed E-state index contributed by atoms with van der Waals surface area (Å²) in [6.45, 7) is 4.49. The Morgan fingerprint density at radius 3 is 2.17 bits per heavy atom. The van der Waals surface area contributed by atoms with Crippen LogP contribution in [0.1, 0.15) is 69.7 Å². The molecule has 0 bridgehead atoms. The van der Waals surface area contributed by atoms with Gasteiger partial charge in [-0.2, -0.15) is 5.26 Å². The third-order valence-corrected chi connectivity index (χ3v) is 9.35. The van der Waals surface area contributed by atoms with E-state index in [1.54, 1.807) is 31.3 Å². The van der Waals surface area contributed by atoms with E-state index in [-0.39, 0.29) is 24.0 Å². The molecule has 214 valence electrons. The molecule has 3 aliphatic rings. The first kappa shape index (κ1) is 28.3. The number of primary amides is 2. The molecule has 2 aromatic carbocycles. The van der Waals surface area contributed by atoms with E-state index in [4.69, 9.17) is 16.9 Å². The minimum absolute atomic E-state index is 0.156. The lowest BCUT2D eigenvalue weighted by molar-refractivity contribution is 0.0991. The van der Waals surface area contributed by atoms with Gasteiger partial charge in [-0.1, -0.05) is 31.9 Å². The second-order valence-electron chi connectivity index (χ2n) is 11.7. The van der Waals surface area contributed by atoms with Gasteiger partial charge in [-0.25, -0.2) is 0 Å². The molecule has 2 aliphatic carbocycles. The summed E-state index contributed by atoms with van der Waals surface area (Å²) < 4.78 is 0. The lowest BCUT2D eigenvalue weighted by Crippen LogP contribution is -2.47. The smallest absolute Gasteiger partial charge is 0.248 e. The van der Waals surface area contributed by atoms with Crippen LogP contribution in [-0.2, 0) is 18.3 Å². The molecular formula is C31H37N8O2-. The molecule has 10 nitrogen and oxygen atoms in total.